The quantitative estimate of drug-likeness (QED) is 0.750. The van der Waals surface area contributed by atoms with Crippen molar-refractivity contribution in [2.24, 2.45) is 5.92 Å². The van der Waals surface area contributed by atoms with E-state index >= 15 is 0 Å². The molecule has 1 saturated carbocycles. The second kappa shape index (κ2) is 8.18. The summed E-state index contributed by atoms with van der Waals surface area (Å²) in [6.07, 6.45) is 0.558. The van der Waals surface area contributed by atoms with Gasteiger partial charge in [0.25, 0.3) is 0 Å². The first-order valence-corrected chi connectivity index (χ1v) is 10.6. The van der Waals surface area contributed by atoms with E-state index in [1.165, 1.54) is 6.20 Å². The third-order valence-electron chi connectivity index (χ3n) is 6.38. The van der Waals surface area contributed by atoms with E-state index in [0.717, 1.165) is 36.4 Å². The van der Waals surface area contributed by atoms with Crippen molar-refractivity contribution in [2.45, 2.75) is 57.8 Å². The highest BCUT2D eigenvalue weighted by Gasteiger charge is 2.36. The van der Waals surface area contributed by atoms with Crippen molar-refractivity contribution >= 4 is 23.2 Å². The van der Waals surface area contributed by atoms with Gasteiger partial charge in [-0.2, -0.15) is 13.2 Å². The number of aryl methyl sites for hydroxylation is 1. The molecular weight excluding hydrogens is 423 g/mol. The number of halogens is 3. The lowest BCUT2D eigenvalue weighted by Crippen LogP contribution is -2.46. The molecule has 0 spiro atoms. The van der Waals surface area contributed by atoms with Crippen LogP contribution in [0.25, 0.3) is 0 Å². The number of nitrogens with zero attached hydrogens (tertiary/aromatic N) is 6. The summed E-state index contributed by atoms with van der Waals surface area (Å²) in [5.41, 5.74) is 0.415. The monoisotopic (exact) mass is 449 g/mol. The van der Waals surface area contributed by atoms with Gasteiger partial charge in [0, 0.05) is 26.6 Å². The van der Waals surface area contributed by atoms with E-state index < -0.39 is 11.9 Å². The Bertz CT molecular complexity index is 1010. The maximum atomic E-state index is 12.7. The van der Waals surface area contributed by atoms with Crippen molar-refractivity contribution in [1.82, 2.24) is 19.9 Å². The number of amides is 1. The summed E-state index contributed by atoms with van der Waals surface area (Å²) in [5.74, 6) is 2.22. The molecule has 11 heteroatoms. The zero-order valence-corrected chi connectivity index (χ0v) is 18.4. The Morgan fingerprint density at radius 3 is 2.53 bits per heavy atom. The molecule has 4 rings (SSSR count). The molecule has 1 aliphatic heterocycles. The summed E-state index contributed by atoms with van der Waals surface area (Å²) in [6.45, 7) is 3.83. The van der Waals surface area contributed by atoms with Gasteiger partial charge in [0.2, 0.25) is 5.91 Å². The van der Waals surface area contributed by atoms with Crippen molar-refractivity contribution in [3.63, 3.8) is 0 Å². The maximum Gasteiger partial charge on any atom is 0.434 e. The Morgan fingerprint density at radius 1 is 1.22 bits per heavy atom. The molecule has 0 radical (unpaired) electrons. The van der Waals surface area contributed by atoms with Gasteiger partial charge in [-0.15, -0.1) is 0 Å². The first-order valence-electron chi connectivity index (χ1n) is 10.6. The smallest absolute Gasteiger partial charge is 0.355 e. The van der Waals surface area contributed by atoms with Gasteiger partial charge >= 0.3 is 6.18 Å². The molecule has 2 aliphatic rings. The predicted octanol–water partition coefficient (Wildman–Crippen LogP) is 3.22. The lowest BCUT2D eigenvalue weighted by atomic mass is 9.77. The van der Waals surface area contributed by atoms with Crippen LogP contribution >= 0.6 is 0 Å². The largest absolute Gasteiger partial charge is 0.434 e. The topological polar surface area (TPSA) is 87.1 Å². The van der Waals surface area contributed by atoms with Crippen LogP contribution in [-0.2, 0) is 17.4 Å². The number of carbonyl (C=O) groups is 1. The van der Waals surface area contributed by atoms with Crippen LogP contribution in [0.4, 0.5) is 30.5 Å². The molecule has 1 amide bonds. The number of aromatic nitrogens is 4. The molecule has 1 fully saturated rings. The van der Waals surface area contributed by atoms with Crippen LogP contribution in [0.2, 0.25) is 0 Å². The molecule has 1 atom stereocenters. The zero-order valence-electron chi connectivity index (χ0n) is 18.4. The average Bonchev–Trinajstić information content (AvgIpc) is 2.71. The van der Waals surface area contributed by atoms with Gasteiger partial charge in [-0.05, 0) is 32.1 Å². The van der Waals surface area contributed by atoms with Crippen LogP contribution in [0.1, 0.15) is 43.4 Å². The van der Waals surface area contributed by atoms with Crippen molar-refractivity contribution < 1.29 is 18.0 Å². The molecule has 2 aromatic heterocycles. The van der Waals surface area contributed by atoms with Crippen molar-refractivity contribution in [2.75, 3.05) is 29.2 Å². The fourth-order valence-electron chi connectivity index (χ4n) is 4.37. The first kappa shape index (κ1) is 22.2. The second-order valence-electron chi connectivity index (χ2n) is 8.51. The van der Waals surface area contributed by atoms with Crippen LogP contribution in [-0.4, -0.2) is 52.0 Å². The van der Waals surface area contributed by atoms with Gasteiger partial charge in [0.05, 0.1) is 18.1 Å². The summed E-state index contributed by atoms with van der Waals surface area (Å²) >= 11 is 0. The van der Waals surface area contributed by atoms with E-state index in [1.807, 2.05) is 37.7 Å². The standard InChI is InChI=1S/C21H26F3N7O/c1-5-14-20(32)29-18-11(2)27-16(28-19(18)31(14)4)8-12-6-13(7-12)30(3)17-10-25-15(9-26-17)21(22,23)24/h9-10,12-14H,5-8H2,1-4H3,(H,29,32)/t12?,13?,14-/m0/s1. The third kappa shape index (κ3) is 4.07. The van der Waals surface area contributed by atoms with Gasteiger partial charge in [-0.1, -0.05) is 6.92 Å². The minimum atomic E-state index is -4.49. The first-order chi connectivity index (χ1) is 15.1. The molecule has 8 nitrogen and oxygen atoms in total. The summed E-state index contributed by atoms with van der Waals surface area (Å²) in [4.78, 5) is 32.8. The number of rotatable bonds is 5. The van der Waals surface area contributed by atoms with E-state index in [1.54, 1.807) is 0 Å². The van der Waals surface area contributed by atoms with Gasteiger partial charge in [-0.3, -0.25) is 4.79 Å². The zero-order chi connectivity index (χ0) is 23.2. The SMILES string of the molecule is CC[C@H]1C(=O)Nc2c(C)nc(CC3CC(N(C)c4cnc(C(F)(F)F)cn4)C3)nc2N1C. The molecule has 2 aromatic rings. The Kier molecular flexibility index (Phi) is 5.68. The van der Waals surface area contributed by atoms with Crippen molar-refractivity contribution in [3.05, 3.63) is 29.6 Å². The summed E-state index contributed by atoms with van der Waals surface area (Å²) in [6, 6.07) is -0.0765. The highest BCUT2D eigenvalue weighted by Crippen LogP contribution is 2.37. The normalized spacial score (nSPS) is 22.8. The fourth-order valence-corrected chi connectivity index (χ4v) is 4.37. The third-order valence-corrected chi connectivity index (χ3v) is 6.38. The van der Waals surface area contributed by atoms with Gasteiger partial charge < -0.3 is 15.1 Å². The molecule has 0 unspecified atom stereocenters. The molecule has 0 saturated heterocycles. The number of hydrogen-bond acceptors (Lipinski definition) is 7. The fraction of sp³-hybridized carbons (Fsp3) is 0.571. The van der Waals surface area contributed by atoms with E-state index in [2.05, 4.69) is 20.3 Å². The van der Waals surface area contributed by atoms with Crippen LogP contribution in [0.15, 0.2) is 12.4 Å². The molecular formula is C21H26F3N7O. The highest BCUT2D eigenvalue weighted by atomic mass is 19.4. The van der Waals surface area contributed by atoms with Gasteiger partial charge in [0.15, 0.2) is 11.5 Å². The number of nitrogens with one attached hydrogen (secondary N) is 1. The van der Waals surface area contributed by atoms with Gasteiger partial charge in [0.1, 0.15) is 23.4 Å². The predicted molar refractivity (Wildman–Crippen MR) is 114 cm³/mol. The average molecular weight is 449 g/mol. The van der Waals surface area contributed by atoms with Crippen LogP contribution in [0.3, 0.4) is 0 Å². The minimum Gasteiger partial charge on any atom is -0.355 e. The Morgan fingerprint density at radius 2 is 1.94 bits per heavy atom. The lowest BCUT2D eigenvalue weighted by Gasteiger charge is -2.41. The Hall–Kier alpha value is -2.98. The molecule has 32 heavy (non-hydrogen) atoms. The summed E-state index contributed by atoms with van der Waals surface area (Å²) < 4.78 is 38.0. The Labute approximate surface area is 184 Å². The number of fused-ring (bicyclic) bond motifs is 1. The van der Waals surface area contributed by atoms with E-state index in [9.17, 15) is 18.0 Å². The molecule has 172 valence electrons. The number of carbonyl (C=O) groups excluding carboxylic acids is 1. The number of anilines is 3. The number of alkyl halides is 3. The lowest BCUT2D eigenvalue weighted by molar-refractivity contribution is -0.141. The van der Waals surface area contributed by atoms with E-state index in [0.29, 0.717) is 30.3 Å². The van der Waals surface area contributed by atoms with E-state index in [-0.39, 0.29) is 18.0 Å². The van der Waals surface area contributed by atoms with Crippen LogP contribution in [0.5, 0.6) is 0 Å². The Balaban J connectivity index is 1.40. The van der Waals surface area contributed by atoms with Crippen LogP contribution in [0, 0.1) is 12.8 Å². The van der Waals surface area contributed by atoms with Crippen molar-refractivity contribution in [3.8, 4) is 0 Å². The second-order valence-corrected chi connectivity index (χ2v) is 8.51. The maximum absolute atomic E-state index is 12.7. The minimum absolute atomic E-state index is 0.0433. The molecule has 3 heterocycles. The molecule has 0 aromatic carbocycles. The molecule has 1 N–H and O–H groups in total. The van der Waals surface area contributed by atoms with E-state index in [4.69, 9.17) is 4.98 Å². The number of hydrogen-bond donors (Lipinski definition) is 1. The van der Waals surface area contributed by atoms with Crippen molar-refractivity contribution in [1.29, 1.82) is 0 Å². The van der Waals surface area contributed by atoms with Gasteiger partial charge in [-0.25, -0.2) is 19.9 Å². The molecule has 0 bridgehead atoms. The van der Waals surface area contributed by atoms with Crippen LogP contribution < -0.4 is 15.1 Å². The summed E-state index contributed by atoms with van der Waals surface area (Å²) in [5, 5.41) is 2.93. The molecule has 1 aliphatic carbocycles. The number of likely N-dealkylation sites (N-methyl/N-ethyl adjacent to an activating group) is 1. The highest BCUT2D eigenvalue weighted by molar-refractivity contribution is 6.03. The summed E-state index contributed by atoms with van der Waals surface area (Å²) in [7, 11) is 3.70.